The summed E-state index contributed by atoms with van der Waals surface area (Å²) in [5.74, 6) is -0.627. The Kier molecular flexibility index (Phi) is 4.70. The SMILES string of the molecule is CCCC(O)c1ccn(Cc2cc(F)cc([N+](=O)[O-])c2)c1. The Labute approximate surface area is 121 Å². The van der Waals surface area contributed by atoms with Crippen molar-refractivity contribution >= 4 is 5.69 Å². The lowest BCUT2D eigenvalue weighted by Crippen LogP contribution is -2.00. The molecule has 0 amide bonds. The van der Waals surface area contributed by atoms with Gasteiger partial charge in [0, 0.05) is 25.0 Å². The Bertz CT molecular complexity index is 640. The molecule has 1 unspecified atom stereocenters. The Balaban J connectivity index is 2.17. The van der Waals surface area contributed by atoms with E-state index in [9.17, 15) is 19.6 Å². The highest BCUT2D eigenvalue weighted by molar-refractivity contribution is 5.35. The standard InChI is InChI=1S/C15H17FN2O3/c1-2-3-15(19)12-4-5-17(10-12)9-11-6-13(16)8-14(7-11)18(20)21/h4-8,10,15,19H,2-3,9H2,1H3. The number of nitro benzene ring substituents is 1. The first kappa shape index (κ1) is 15.2. The van der Waals surface area contributed by atoms with Crippen LogP contribution in [-0.4, -0.2) is 14.6 Å². The minimum Gasteiger partial charge on any atom is -0.388 e. The first-order valence-corrected chi connectivity index (χ1v) is 6.77. The molecule has 1 aromatic carbocycles. The number of hydrogen-bond donors (Lipinski definition) is 1. The molecule has 112 valence electrons. The van der Waals surface area contributed by atoms with E-state index in [0.717, 1.165) is 18.1 Å². The lowest BCUT2D eigenvalue weighted by Gasteiger charge is -2.07. The lowest BCUT2D eigenvalue weighted by atomic mass is 10.1. The van der Waals surface area contributed by atoms with Crippen molar-refractivity contribution in [2.24, 2.45) is 0 Å². The van der Waals surface area contributed by atoms with Crippen molar-refractivity contribution in [1.29, 1.82) is 0 Å². The largest absolute Gasteiger partial charge is 0.388 e. The molecule has 6 heteroatoms. The van der Waals surface area contributed by atoms with E-state index in [4.69, 9.17) is 0 Å². The Morgan fingerprint density at radius 1 is 1.43 bits per heavy atom. The fraction of sp³-hybridized carbons (Fsp3) is 0.333. The maximum absolute atomic E-state index is 13.4. The molecule has 1 N–H and O–H groups in total. The Morgan fingerprint density at radius 2 is 2.19 bits per heavy atom. The second-order valence-corrected chi connectivity index (χ2v) is 5.00. The predicted molar refractivity (Wildman–Crippen MR) is 76.5 cm³/mol. The van der Waals surface area contributed by atoms with Crippen LogP contribution in [0.1, 0.15) is 37.0 Å². The quantitative estimate of drug-likeness (QED) is 0.655. The number of nitro groups is 1. The molecule has 2 aromatic rings. The first-order chi connectivity index (χ1) is 9.99. The van der Waals surface area contributed by atoms with E-state index < -0.39 is 16.8 Å². The number of aromatic nitrogens is 1. The summed E-state index contributed by atoms with van der Waals surface area (Å²) in [6, 6.07) is 5.32. The summed E-state index contributed by atoms with van der Waals surface area (Å²) < 4.78 is 15.1. The van der Waals surface area contributed by atoms with Gasteiger partial charge in [-0.3, -0.25) is 10.1 Å². The number of hydrogen-bond acceptors (Lipinski definition) is 3. The van der Waals surface area contributed by atoms with Gasteiger partial charge in [-0.1, -0.05) is 13.3 Å². The van der Waals surface area contributed by atoms with Gasteiger partial charge in [-0.15, -0.1) is 0 Å². The number of halogens is 1. The molecule has 0 fully saturated rings. The van der Waals surface area contributed by atoms with Gasteiger partial charge in [-0.05, 0) is 29.7 Å². The molecule has 0 saturated carbocycles. The van der Waals surface area contributed by atoms with Gasteiger partial charge >= 0.3 is 0 Å². The number of benzene rings is 1. The van der Waals surface area contributed by atoms with Crippen molar-refractivity contribution < 1.29 is 14.4 Å². The van der Waals surface area contributed by atoms with Gasteiger partial charge in [0.15, 0.2) is 0 Å². The van der Waals surface area contributed by atoms with Gasteiger partial charge in [0.25, 0.3) is 5.69 Å². The number of non-ortho nitro benzene ring substituents is 1. The van der Waals surface area contributed by atoms with Crippen molar-refractivity contribution in [2.45, 2.75) is 32.4 Å². The number of rotatable bonds is 6. The molecule has 0 aliphatic heterocycles. The van der Waals surface area contributed by atoms with E-state index >= 15 is 0 Å². The van der Waals surface area contributed by atoms with Crippen molar-refractivity contribution in [2.75, 3.05) is 0 Å². The van der Waals surface area contributed by atoms with Crippen LogP contribution in [0.3, 0.4) is 0 Å². The van der Waals surface area contributed by atoms with E-state index in [1.807, 2.05) is 6.92 Å². The highest BCUT2D eigenvalue weighted by Crippen LogP contribution is 2.20. The highest BCUT2D eigenvalue weighted by atomic mass is 19.1. The zero-order valence-corrected chi connectivity index (χ0v) is 11.7. The third-order valence-electron chi connectivity index (χ3n) is 3.24. The summed E-state index contributed by atoms with van der Waals surface area (Å²) >= 11 is 0. The molecule has 0 radical (unpaired) electrons. The molecule has 0 saturated heterocycles. The van der Waals surface area contributed by atoms with Gasteiger partial charge in [0.05, 0.1) is 17.1 Å². The summed E-state index contributed by atoms with van der Waals surface area (Å²) in [6.45, 7) is 2.31. The molecule has 0 spiro atoms. The van der Waals surface area contributed by atoms with Gasteiger partial charge in [0.2, 0.25) is 0 Å². The smallest absolute Gasteiger partial charge is 0.272 e. The van der Waals surface area contributed by atoms with E-state index in [1.54, 1.807) is 23.0 Å². The average Bonchev–Trinajstić information content (AvgIpc) is 2.87. The highest BCUT2D eigenvalue weighted by Gasteiger charge is 2.11. The summed E-state index contributed by atoms with van der Waals surface area (Å²) in [7, 11) is 0. The minimum absolute atomic E-state index is 0.261. The molecule has 0 aliphatic carbocycles. The third-order valence-corrected chi connectivity index (χ3v) is 3.24. The van der Waals surface area contributed by atoms with Crippen molar-refractivity contribution in [3.05, 3.63) is 63.7 Å². The third kappa shape index (κ3) is 3.88. The van der Waals surface area contributed by atoms with Crippen LogP contribution in [0, 0.1) is 15.9 Å². The van der Waals surface area contributed by atoms with Crippen LogP contribution in [-0.2, 0) is 6.54 Å². The summed E-state index contributed by atoms with van der Waals surface area (Å²) in [6.07, 6.45) is 4.58. The van der Waals surface area contributed by atoms with Crippen LogP contribution in [0.25, 0.3) is 0 Å². The maximum atomic E-state index is 13.4. The van der Waals surface area contributed by atoms with Gasteiger partial charge in [-0.2, -0.15) is 0 Å². The van der Waals surface area contributed by atoms with Crippen molar-refractivity contribution in [3.63, 3.8) is 0 Å². The molecule has 2 rings (SSSR count). The van der Waals surface area contributed by atoms with Crippen LogP contribution in [0.2, 0.25) is 0 Å². The summed E-state index contributed by atoms with van der Waals surface area (Å²) in [4.78, 5) is 10.1. The second-order valence-electron chi connectivity index (χ2n) is 5.00. The van der Waals surface area contributed by atoms with E-state index in [-0.39, 0.29) is 5.69 Å². The van der Waals surface area contributed by atoms with Crippen LogP contribution in [0.4, 0.5) is 10.1 Å². The van der Waals surface area contributed by atoms with Crippen LogP contribution in [0.15, 0.2) is 36.7 Å². The van der Waals surface area contributed by atoms with Crippen LogP contribution < -0.4 is 0 Å². The average molecular weight is 292 g/mol. The van der Waals surface area contributed by atoms with E-state index in [2.05, 4.69) is 0 Å². The lowest BCUT2D eigenvalue weighted by molar-refractivity contribution is -0.385. The molecule has 0 aliphatic rings. The molecule has 5 nitrogen and oxygen atoms in total. The Hall–Kier alpha value is -2.21. The van der Waals surface area contributed by atoms with Crippen molar-refractivity contribution in [1.82, 2.24) is 4.57 Å². The van der Waals surface area contributed by atoms with Crippen molar-refractivity contribution in [3.8, 4) is 0 Å². The molecule has 0 bridgehead atoms. The van der Waals surface area contributed by atoms with Gasteiger partial charge in [-0.25, -0.2) is 4.39 Å². The minimum atomic E-state index is -0.627. The second kappa shape index (κ2) is 6.49. The zero-order valence-electron chi connectivity index (χ0n) is 11.7. The van der Waals surface area contributed by atoms with E-state index in [0.29, 0.717) is 18.5 Å². The van der Waals surface area contributed by atoms with E-state index in [1.165, 1.54) is 12.1 Å². The van der Waals surface area contributed by atoms with Gasteiger partial charge in [0.1, 0.15) is 5.82 Å². The summed E-state index contributed by atoms with van der Waals surface area (Å²) in [5, 5.41) is 20.6. The number of nitrogens with zero attached hydrogens (tertiary/aromatic N) is 2. The molecule has 1 aromatic heterocycles. The normalized spacial score (nSPS) is 12.3. The van der Waals surface area contributed by atoms with Gasteiger partial charge < -0.3 is 9.67 Å². The first-order valence-electron chi connectivity index (χ1n) is 6.77. The zero-order chi connectivity index (χ0) is 15.4. The molecule has 1 atom stereocenters. The monoisotopic (exact) mass is 292 g/mol. The molecular weight excluding hydrogens is 275 g/mol. The van der Waals surface area contributed by atoms with Crippen LogP contribution in [0.5, 0.6) is 0 Å². The maximum Gasteiger partial charge on any atom is 0.272 e. The topological polar surface area (TPSA) is 68.3 Å². The molecular formula is C15H17FN2O3. The predicted octanol–water partition coefficient (Wildman–Crippen LogP) is 3.42. The molecule has 1 heterocycles. The fourth-order valence-electron chi connectivity index (χ4n) is 2.24. The van der Waals surface area contributed by atoms with Crippen LogP contribution >= 0.6 is 0 Å². The summed E-state index contributed by atoms with van der Waals surface area (Å²) in [5.41, 5.74) is 1.04. The Morgan fingerprint density at radius 3 is 2.86 bits per heavy atom. The fourth-order valence-corrected chi connectivity index (χ4v) is 2.24. The number of aliphatic hydroxyl groups is 1. The molecule has 21 heavy (non-hydrogen) atoms. The number of aliphatic hydroxyl groups excluding tert-OH is 1.